The van der Waals surface area contributed by atoms with E-state index in [2.05, 4.69) is 43.3 Å². The van der Waals surface area contributed by atoms with Crippen molar-refractivity contribution in [3.05, 3.63) is 65.7 Å². The van der Waals surface area contributed by atoms with Crippen LogP contribution in [0.3, 0.4) is 0 Å². The molecular formula is C17H18OS. The van der Waals surface area contributed by atoms with Crippen LogP contribution in [0.15, 0.2) is 59.5 Å². The van der Waals surface area contributed by atoms with Crippen molar-refractivity contribution < 1.29 is 5.11 Å². The van der Waals surface area contributed by atoms with E-state index in [1.165, 1.54) is 10.5 Å². The van der Waals surface area contributed by atoms with Crippen LogP contribution in [0.1, 0.15) is 30.1 Å². The van der Waals surface area contributed by atoms with Crippen LogP contribution >= 0.6 is 11.8 Å². The van der Waals surface area contributed by atoms with E-state index in [0.717, 1.165) is 18.4 Å². The highest BCUT2D eigenvalue weighted by atomic mass is 32.2. The van der Waals surface area contributed by atoms with Gasteiger partial charge in [0.15, 0.2) is 0 Å². The van der Waals surface area contributed by atoms with Gasteiger partial charge in [0, 0.05) is 4.90 Å². The van der Waals surface area contributed by atoms with Crippen molar-refractivity contribution in [3.63, 3.8) is 0 Å². The number of thioether (sulfide) groups is 1. The maximum Gasteiger partial charge on any atom is 0.0940 e. The standard InChI is InChI=1S/C17H18OS/c1-13-7-9-14(10-8-13)16(18)17(11-12-17)19-15-5-3-2-4-6-15/h2-10,16,18H,11-12H2,1H3. The first-order valence-electron chi connectivity index (χ1n) is 6.68. The molecule has 0 aliphatic heterocycles. The molecule has 2 aromatic carbocycles. The van der Waals surface area contributed by atoms with Crippen molar-refractivity contribution in [2.45, 2.75) is 35.5 Å². The van der Waals surface area contributed by atoms with E-state index in [0.29, 0.717) is 0 Å². The number of benzene rings is 2. The maximum atomic E-state index is 10.6. The van der Waals surface area contributed by atoms with Crippen molar-refractivity contribution in [1.29, 1.82) is 0 Å². The van der Waals surface area contributed by atoms with Crippen LogP contribution in [-0.4, -0.2) is 9.85 Å². The Kier molecular flexibility index (Phi) is 3.38. The summed E-state index contributed by atoms with van der Waals surface area (Å²) in [5.74, 6) is 0. The molecule has 1 aliphatic rings. The Bertz CT molecular complexity index is 543. The van der Waals surface area contributed by atoms with Crippen LogP contribution < -0.4 is 0 Å². The number of rotatable bonds is 4. The Labute approximate surface area is 118 Å². The molecule has 1 fully saturated rings. The van der Waals surface area contributed by atoms with E-state index in [-0.39, 0.29) is 10.9 Å². The van der Waals surface area contributed by atoms with Crippen molar-refractivity contribution in [1.82, 2.24) is 0 Å². The molecule has 0 aromatic heterocycles. The molecule has 0 bridgehead atoms. The molecule has 0 heterocycles. The summed E-state index contributed by atoms with van der Waals surface area (Å²) in [7, 11) is 0. The van der Waals surface area contributed by atoms with E-state index in [1.54, 1.807) is 0 Å². The molecule has 0 saturated heterocycles. The first-order valence-corrected chi connectivity index (χ1v) is 7.50. The molecule has 0 spiro atoms. The lowest BCUT2D eigenvalue weighted by molar-refractivity contribution is 0.167. The van der Waals surface area contributed by atoms with Gasteiger partial charge in [0.05, 0.1) is 10.9 Å². The SMILES string of the molecule is Cc1ccc(C(O)C2(Sc3ccccc3)CC2)cc1. The molecule has 1 aliphatic carbocycles. The summed E-state index contributed by atoms with van der Waals surface area (Å²) in [5.41, 5.74) is 2.27. The Morgan fingerprint density at radius 3 is 2.21 bits per heavy atom. The molecule has 2 aromatic rings. The van der Waals surface area contributed by atoms with Crippen LogP contribution in [0, 0.1) is 6.92 Å². The number of aliphatic hydroxyl groups excluding tert-OH is 1. The highest BCUT2D eigenvalue weighted by Gasteiger charge is 2.50. The summed E-state index contributed by atoms with van der Waals surface area (Å²) in [6, 6.07) is 18.6. The molecule has 2 heteroatoms. The lowest BCUT2D eigenvalue weighted by Crippen LogP contribution is -2.16. The predicted molar refractivity (Wildman–Crippen MR) is 80.4 cm³/mol. The summed E-state index contributed by atoms with van der Waals surface area (Å²) in [5, 5.41) is 10.6. The van der Waals surface area contributed by atoms with E-state index in [9.17, 15) is 5.11 Å². The first kappa shape index (κ1) is 12.8. The van der Waals surface area contributed by atoms with Gasteiger partial charge in [-0.25, -0.2) is 0 Å². The fraction of sp³-hybridized carbons (Fsp3) is 0.294. The molecular weight excluding hydrogens is 252 g/mol. The van der Waals surface area contributed by atoms with Crippen LogP contribution in [0.5, 0.6) is 0 Å². The normalized spacial score (nSPS) is 18.0. The van der Waals surface area contributed by atoms with Crippen molar-refractivity contribution >= 4 is 11.8 Å². The molecule has 0 amide bonds. The van der Waals surface area contributed by atoms with Crippen molar-refractivity contribution in [2.75, 3.05) is 0 Å². The minimum atomic E-state index is -0.377. The fourth-order valence-corrected chi connectivity index (χ4v) is 3.65. The van der Waals surface area contributed by atoms with Gasteiger partial charge in [-0.15, -0.1) is 11.8 Å². The smallest absolute Gasteiger partial charge is 0.0940 e. The summed E-state index contributed by atoms with van der Waals surface area (Å²) in [4.78, 5) is 1.24. The van der Waals surface area contributed by atoms with Gasteiger partial charge in [-0.2, -0.15) is 0 Å². The van der Waals surface area contributed by atoms with E-state index in [1.807, 2.05) is 30.0 Å². The highest BCUT2D eigenvalue weighted by molar-refractivity contribution is 8.01. The van der Waals surface area contributed by atoms with E-state index < -0.39 is 0 Å². The van der Waals surface area contributed by atoms with Gasteiger partial charge in [0.2, 0.25) is 0 Å². The number of hydrogen-bond donors (Lipinski definition) is 1. The molecule has 98 valence electrons. The molecule has 1 N–H and O–H groups in total. The quantitative estimate of drug-likeness (QED) is 0.891. The average molecular weight is 270 g/mol. The molecule has 1 unspecified atom stereocenters. The molecule has 1 atom stereocenters. The molecule has 0 radical (unpaired) electrons. The lowest BCUT2D eigenvalue weighted by atomic mass is 10.0. The maximum absolute atomic E-state index is 10.6. The second-order valence-corrected chi connectivity index (χ2v) is 6.78. The van der Waals surface area contributed by atoms with Gasteiger partial charge in [0.1, 0.15) is 0 Å². The van der Waals surface area contributed by atoms with Crippen molar-refractivity contribution in [2.24, 2.45) is 0 Å². The number of aryl methyl sites for hydroxylation is 1. The van der Waals surface area contributed by atoms with E-state index >= 15 is 0 Å². The van der Waals surface area contributed by atoms with E-state index in [4.69, 9.17) is 0 Å². The summed E-state index contributed by atoms with van der Waals surface area (Å²) in [6.07, 6.45) is 1.79. The third-order valence-corrected chi connectivity index (χ3v) is 5.24. The largest absolute Gasteiger partial charge is 0.387 e. The highest BCUT2D eigenvalue weighted by Crippen LogP contribution is 2.58. The summed E-state index contributed by atoms with van der Waals surface area (Å²) < 4.78 is -0.0173. The molecule has 19 heavy (non-hydrogen) atoms. The van der Waals surface area contributed by atoms with Crippen LogP contribution in [-0.2, 0) is 0 Å². The minimum Gasteiger partial charge on any atom is -0.387 e. The minimum absolute atomic E-state index is 0.0173. The molecule has 1 saturated carbocycles. The van der Waals surface area contributed by atoms with Crippen LogP contribution in [0.25, 0.3) is 0 Å². The Balaban J connectivity index is 1.79. The summed E-state index contributed by atoms with van der Waals surface area (Å²) >= 11 is 1.81. The Morgan fingerprint density at radius 2 is 1.63 bits per heavy atom. The second kappa shape index (κ2) is 5.03. The fourth-order valence-electron chi connectivity index (χ4n) is 2.33. The zero-order valence-electron chi connectivity index (χ0n) is 11.0. The first-order chi connectivity index (χ1) is 9.20. The van der Waals surface area contributed by atoms with Crippen molar-refractivity contribution in [3.8, 4) is 0 Å². The second-order valence-electron chi connectivity index (χ2n) is 5.29. The monoisotopic (exact) mass is 270 g/mol. The zero-order valence-corrected chi connectivity index (χ0v) is 11.9. The van der Waals surface area contributed by atoms with Gasteiger partial charge in [-0.3, -0.25) is 0 Å². The predicted octanol–water partition coefficient (Wildman–Crippen LogP) is 4.35. The van der Waals surface area contributed by atoms with Crippen LogP contribution in [0.4, 0.5) is 0 Å². The Morgan fingerprint density at radius 1 is 1.00 bits per heavy atom. The molecule has 1 nitrogen and oxygen atoms in total. The van der Waals surface area contributed by atoms with Gasteiger partial charge in [0.25, 0.3) is 0 Å². The van der Waals surface area contributed by atoms with Gasteiger partial charge in [-0.05, 0) is 37.5 Å². The Hall–Kier alpha value is -1.25. The topological polar surface area (TPSA) is 20.2 Å². The lowest BCUT2D eigenvalue weighted by Gasteiger charge is -2.22. The third kappa shape index (κ3) is 2.70. The number of aliphatic hydroxyl groups is 1. The third-order valence-electron chi connectivity index (χ3n) is 3.70. The van der Waals surface area contributed by atoms with Gasteiger partial charge in [-0.1, -0.05) is 48.0 Å². The van der Waals surface area contributed by atoms with Gasteiger partial charge >= 0.3 is 0 Å². The summed E-state index contributed by atoms with van der Waals surface area (Å²) in [6.45, 7) is 2.07. The van der Waals surface area contributed by atoms with Crippen LogP contribution in [0.2, 0.25) is 0 Å². The van der Waals surface area contributed by atoms with Gasteiger partial charge < -0.3 is 5.11 Å². The average Bonchev–Trinajstić information content (AvgIpc) is 3.21. The number of hydrogen-bond acceptors (Lipinski definition) is 2. The zero-order chi connectivity index (χ0) is 13.3. The molecule has 3 rings (SSSR count).